The zero-order valence-electron chi connectivity index (χ0n) is 14.7. The van der Waals surface area contributed by atoms with Gasteiger partial charge in [0.05, 0.1) is 5.56 Å². The molecule has 0 unspecified atom stereocenters. The van der Waals surface area contributed by atoms with Crippen LogP contribution in [0.5, 0.6) is 0 Å². The maximum atomic E-state index is 13.4. The van der Waals surface area contributed by atoms with E-state index < -0.39 is 0 Å². The van der Waals surface area contributed by atoms with Crippen LogP contribution < -0.4 is 10.2 Å². The van der Waals surface area contributed by atoms with Gasteiger partial charge < -0.3 is 5.32 Å². The number of nitrogens with one attached hydrogen (secondary N) is 1. The monoisotopic (exact) mass is 350 g/mol. The van der Waals surface area contributed by atoms with Crippen LogP contribution >= 0.6 is 0 Å². The van der Waals surface area contributed by atoms with Crippen molar-refractivity contribution < 1.29 is 4.79 Å². The molecule has 0 spiro atoms. The van der Waals surface area contributed by atoms with E-state index in [0.717, 1.165) is 22.3 Å². The molecule has 1 N–H and O–H groups in total. The summed E-state index contributed by atoms with van der Waals surface area (Å²) in [7, 11) is 0. The highest BCUT2D eigenvalue weighted by atomic mass is 16.2. The summed E-state index contributed by atoms with van der Waals surface area (Å²) in [6.07, 6.45) is -0.264. The minimum Gasteiger partial charge on any atom is -0.360 e. The van der Waals surface area contributed by atoms with Crippen LogP contribution in [0.4, 0.5) is 11.4 Å². The predicted octanol–water partition coefficient (Wildman–Crippen LogP) is 5.61. The van der Waals surface area contributed by atoms with Gasteiger partial charge in [0.25, 0.3) is 5.91 Å². The largest absolute Gasteiger partial charge is 0.360 e. The second-order valence-electron chi connectivity index (χ2n) is 6.71. The molecule has 1 amide bonds. The van der Waals surface area contributed by atoms with E-state index in [1.54, 1.807) is 0 Å². The van der Waals surface area contributed by atoms with Gasteiger partial charge in [-0.1, -0.05) is 66.7 Å². The predicted molar refractivity (Wildman–Crippen MR) is 110 cm³/mol. The number of nitrogens with zero attached hydrogens (tertiary/aromatic N) is 1. The van der Waals surface area contributed by atoms with Crippen LogP contribution in [0.15, 0.2) is 97.1 Å². The molecule has 3 nitrogen and oxygen atoms in total. The second-order valence-corrected chi connectivity index (χ2v) is 6.71. The van der Waals surface area contributed by atoms with Gasteiger partial charge in [0.1, 0.15) is 6.17 Å². The van der Waals surface area contributed by atoms with E-state index in [0.29, 0.717) is 5.56 Å². The lowest BCUT2D eigenvalue weighted by molar-refractivity contribution is 0.0975. The summed E-state index contributed by atoms with van der Waals surface area (Å²) in [5.74, 6) is 0.00806. The third kappa shape index (κ3) is 2.64. The number of anilines is 2. The van der Waals surface area contributed by atoms with Gasteiger partial charge in [-0.15, -0.1) is 0 Å². The fraction of sp³-hybridized carbons (Fsp3) is 0.0417. The maximum absolute atomic E-state index is 13.4. The second kappa shape index (κ2) is 6.29. The summed E-state index contributed by atoms with van der Waals surface area (Å²) in [5, 5.41) is 5.91. The number of rotatable bonds is 2. The number of carbonyl (C=O) groups excluding carboxylic acids is 1. The van der Waals surface area contributed by atoms with Crippen LogP contribution in [-0.2, 0) is 0 Å². The number of fused-ring (bicyclic) bond motifs is 2. The highest BCUT2D eigenvalue weighted by Gasteiger charge is 2.33. The van der Waals surface area contributed by atoms with Crippen LogP contribution in [0.25, 0.3) is 10.8 Å². The molecule has 4 aromatic rings. The Morgan fingerprint density at radius 3 is 2.26 bits per heavy atom. The van der Waals surface area contributed by atoms with Gasteiger partial charge in [0.2, 0.25) is 0 Å². The Bertz CT molecular complexity index is 1140. The Morgan fingerprint density at radius 2 is 1.41 bits per heavy atom. The van der Waals surface area contributed by atoms with Crippen molar-refractivity contribution in [3.05, 3.63) is 108 Å². The van der Waals surface area contributed by atoms with Crippen molar-refractivity contribution in [2.75, 3.05) is 10.2 Å². The minimum absolute atomic E-state index is 0.00806. The molecule has 4 aromatic carbocycles. The lowest BCUT2D eigenvalue weighted by Crippen LogP contribution is -2.43. The highest BCUT2D eigenvalue weighted by Crippen LogP contribution is 2.37. The first-order valence-electron chi connectivity index (χ1n) is 9.04. The van der Waals surface area contributed by atoms with Gasteiger partial charge in [-0.05, 0) is 46.7 Å². The quantitative estimate of drug-likeness (QED) is 0.509. The molecular formula is C24H18N2O. The molecule has 0 saturated heterocycles. The topological polar surface area (TPSA) is 32.3 Å². The van der Waals surface area contributed by atoms with Crippen molar-refractivity contribution in [1.29, 1.82) is 0 Å². The zero-order valence-corrected chi connectivity index (χ0v) is 14.7. The SMILES string of the molecule is O=C1c2ccccc2N[C@H](c2ccc3ccccc3c2)N1c1ccccc1. The van der Waals surface area contributed by atoms with E-state index in [1.807, 2.05) is 71.6 Å². The number of hydrogen-bond donors (Lipinski definition) is 1. The van der Waals surface area contributed by atoms with E-state index in [1.165, 1.54) is 5.39 Å². The van der Waals surface area contributed by atoms with E-state index in [4.69, 9.17) is 0 Å². The van der Waals surface area contributed by atoms with Crippen molar-refractivity contribution >= 4 is 28.1 Å². The van der Waals surface area contributed by atoms with Gasteiger partial charge in [-0.2, -0.15) is 0 Å². The number of hydrogen-bond acceptors (Lipinski definition) is 2. The summed E-state index contributed by atoms with van der Waals surface area (Å²) in [6.45, 7) is 0. The van der Waals surface area contributed by atoms with Crippen molar-refractivity contribution in [3.8, 4) is 0 Å². The summed E-state index contributed by atoms with van der Waals surface area (Å²) in [4.78, 5) is 15.2. The molecule has 27 heavy (non-hydrogen) atoms. The maximum Gasteiger partial charge on any atom is 0.262 e. The number of amides is 1. The molecule has 0 aromatic heterocycles. The molecule has 0 fully saturated rings. The molecule has 0 radical (unpaired) electrons. The smallest absolute Gasteiger partial charge is 0.262 e. The zero-order chi connectivity index (χ0) is 18.2. The standard InChI is InChI=1S/C24H18N2O/c27-24-21-12-6-7-13-22(21)25-23(26(24)20-10-2-1-3-11-20)19-15-14-17-8-4-5-9-18(17)16-19/h1-16,23,25H/t23-/m0/s1. The van der Waals surface area contributed by atoms with Crippen LogP contribution in [0.2, 0.25) is 0 Å². The first kappa shape index (κ1) is 15.6. The number of benzene rings is 4. The Kier molecular flexibility index (Phi) is 3.65. The molecule has 0 saturated carbocycles. The molecule has 5 rings (SSSR count). The molecule has 130 valence electrons. The molecule has 0 bridgehead atoms. The van der Waals surface area contributed by atoms with E-state index in [-0.39, 0.29) is 12.1 Å². The van der Waals surface area contributed by atoms with Crippen LogP contribution in [0, 0.1) is 0 Å². The van der Waals surface area contributed by atoms with Crippen molar-refractivity contribution in [3.63, 3.8) is 0 Å². The summed E-state index contributed by atoms with van der Waals surface area (Å²) in [6, 6.07) is 32.2. The minimum atomic E-state index is -0.264. The Hall–Kier alpha value is -3.59. The van der Waals surface area contributed by atoms with Crippen LogP contribution in [0.1, 0.15) is 22.1 Å². The molecule has 1 atom stereocenters. The lowest BCUT2D eigenvalue weighted by atomic mass is 10.00. The molecule has 0 aliphatic carbocycles. The third-order valence-electron chi connectivity index (χ3n) is 5.05. The molecule has 1 aliphatic heterocycles. The third-order valence-corrected chi connectivity index (χ3v) is 5.05. The van der Waals surface area contributed by atoms with Crippen LogP contribution in [-0.4, -0.2) is 5.91 Å². The summed E-state index contributed by atoms with van der Waals surface area (Å²) < 4.78 is 0. The Morgan fingerprint density at radius 1 is 0.704 bits per heavy atom. The first-order valence-corrected chi connectivity index (χ1v) is 9.04. The fourth-order valence-corrected chi connectivity index (χ4v) is 3.72. The van der Waals surface area contributed by atoms with Crippen molar-refractivity contribution in [1.82, 2.24) is 0 Å². The van der Waals surface area contributed by atoms with Gasteiger partial charge in [-0.3, -0.25) is 9.69 Å². The summed E-state index contributed by atoms with van der Waals surface area (Å²) >= 11 is 0. The average molecular weight is 350 g/mol. The molecule has 3 heteroatoms. The van der Waals surface area contributed by atoms with Gasteiger partial charge >= 0.3 is 0 Å². The van der Waals surface area contributed by atoms with Gasteiger partial charge in [0, 0.05) is 11.4 Å². The van der Waals surface area contributed by atoms with E-state index in [2.05, 4.69) is 35.6 Å². The number of carbonyl (C=O) groups is 1. The lowest BCUT2D eigenvalue weighted by Gasteiger charge is -2.38. The number of para-hydroxylation sites is 2. The Balaban J connectivity index is 1.68. The van der Waals surface area contributed by atoms with E-state index in [9.17, 15) is 4.79 Å². The van der Waals surface area contributed by atoms with Gasteiger partial charge in [0.15, 0.2) is 0 Å². The normalized spacial score (nSPS) is 16.1. The summed E-state index contributed by atoms with van der Waals surface area (Å²) in [5.41, 5.74) is 3.49. The fourth-order valence-electron chi connectivity index (χ4n) is 3.72. The van der Waals surface area contributed by atoms with Crippen LogP contribution in [0.3, 0.4) is 0 Å². The molecular weight excluding hydrogens is 332 g/mol. The highest BCUT2D eigenvalue weighted by molar-refractivity contribution is 6.12. The first-order chi connectivity index (χ1) is 13.3. The Labute approximate surface area is 157 Å². The average Bonchev–Trinajstić information content (AvgIpc) is 2.74. The van der Waals surface area contributed by atoms with Crippen molar-refractivity contribution in [2.24, 2.45) is 0 Å². The molecule has 1 aliphatic rings. The van der Waals surface area contributed by atoms with Gasteiger partial charge in [-0.25, -0.2) is 0 Å². The van der Waals surface area contributed by atoms with Crippen molar-refractivity contribution in [2.45, 2.75) is 6.17 Å². The van der Waals surface area contributed by atoms with E-state index >= 15 is 0 Å². The molecule has 1 heterocycles.